The Morgan fingerprint density at radius 2 is 2.12 bits per heavy atom. The molecule has 0 saturated carbocycles. The first-order chi connectivity index (χ1) is 8.09. The van der Waals surface area contributed by atoms with Crippen molar-refractivity contribution in [3.63, 3.8) is 0 Å². The van der Waals surface area contributed by atoms with Crippen LogP contribution in [0, 0.1) is 0 Å². The molecule has 0 radical (unpaired) electrons. The van der Waals surface area contributed by atoms with Crippen molar-refractivity contribution < 1.29 is 9.90 Å². The van der Waals surface area contributed by atoms with Crippen molar-refractivity contribution in [2.24, 2.45) is 0 Å². The van der Waals surface area contributed by atoms with Crippen LogP contribution in [0.15, 0.2) is 6.20 Å². The molecule has 17 heavy (non-hydrogen) atoms. The number of hydrogen-bond acceptors (Lipinski definition) is 4. The highest BCUT2D eigenvalue weighted by molar-refractivity contribution is 5.85. The number of imidazole rings is 1. The molecule has 1 aromatic rings. The molecule has 6 heteroatoms. The monoisotopic (exact) mass is 238 g/mol. The van der Waals surface area contributed by atoms with Crippen LogP contribution in [0.1, 0.15) is 30.4 Å². The Bertz CT molecular complexity index is 408. The average molecular weight is 238 g/mol. The fourth-order valence-corrected chi connectivity index (χ4v) is 1.97. The van der Waals surface area contributed by atoms with E-state index in [4.69, 9.17) is 5.11 Å². The summed E-state index contributed by atoms with van der Waals surface area (Å²) in [5.74, 6) is -0.209. The number of hydrogen-bond donors (Lipinski definition) is 2. The maximum atomic E-state index is 11.0. The second-order valence-corrected chi connectivity index (χ2v) is 4.47. The van der Waals surface area contributed by atoms with E-state index >= 15 is 0 Å². The van der Waals surface area contributed by atoms with E-state index in [1.54, 1.807) is 6.20 Å². The second-order valence-electron chi connectivity index (χ2n) is 4.47. The molecule has 1 aromatic heterocycles. The third kappa shape index (κ3) is 2.41. The minimum atomic E-state index is -0.971. The first-order valence-electron chi connectivity index (χ1n) is 5.87. The van der Waals surface area contributed by atoms with Gasteiger partial charge in [-0.25, -0.2) is 9.78 Å². The Kier molecular flexibility index (Phi) is 3.33. The molecule has 2 heterocycles. The average Bonchev–Trinajstić information content (AvgIpc) is 2.75. The van der Waals surface area contributed by atoms with Gasteiger partial charge in [-0.2, -0.15) is 0 Å². The highest BCUT2D eigenvalue weighted by Crippen LogP contribution is 2.20. The summed E-state index contributed by atoms with van der Waals surface area (Å²) >= 11 is 0. The first-order valence-corrected chi connectivity index (χ1v) is 5.87. The SMILES string of the molecule is CC(C)n1cc(C(=O)O)nc1N1CCNCC1. The van der Waals surface area contributed by atoms with Gasteiger partial charge in [0.25, 0.3) is 0 Å². The van der Waals surface area contributed by atoms with Crippen molar-refractivity contribution in [2.45, 2.75) is 19.9 Å². The number of carboxylic acids is 1. The van der Waals surface area contributed by atoms with E-state index in [-0.39, 0.29) is 11.7 Å². The quantitative estimate of drug-likeness (QED) is 0.805. The number of piperazine rings is 1. The van der Waals surface area contributed by atoms with Crippen LogP contribution in [0.25, 0.3) is 0 Å². The van der Waals surface area contributed by atoms with Crippen LogP contribution in [0.2, 0.25) is 0 Å². The Morgan fingerprint density at radius 1 is 1.47 bits per heavy atom. The summed E-state index contributed by atoms with van der Waals surface area (Å²) in [5.41, 5.74) is 0.118. The lowest BCUT2D eigenvalue weighted by Gasteiger charge is -2.29. The topological polar surface area (TPSA) is 70.4 Å². The normalized spacial score (nSPS) is 16.5. The molecule has 1 saturated heterocycles. The number of rotatable bonds is 3. The highest BCUT2D eigenvalue weighted by atomic mass is 16.4. The molecule has 0 amide bonds. The van der Waals surface area contributed by atoms with Gasteiger partial charge in [0.2, 0.25) is 5.95 Å². The number of carbonyl (C=O) groups is 1. The summed E-state index contributed by atoms with van der Waals surface area (Å²) in [6, 6.07) is 0.209. The number of carboxylic acid groups (broad SMARTS) is 1. The van der Waals surface area contributed by atoms with E-state index in [0.717, 1.165) is 32.1 Å². The molecule has 6 nitrogen and oxygen atoms in total. The van der Waals surface area contributed by atoms with Gasteiger partial charge < -0.3 is 19.9 Å². The Hall–Kier alpha value is -1.56. The lowest BCUT2D eigenvalue weighted by atomic mass is 10.3. The van der Waals surface area contributed by atoms with Crippen molar-refractivity contribution in [2.75, 3.05) is 31.1 Å². The van der Waals surface area contributed by atoms with E-state index in [1.807, 2.05) is 18.4 Å². The zero-order valence-corrected chi connectivity index (χ0v) is 10.2. The van der Waals surface area contributed by atoms with Gasteiger partial charge in [0, 0.05) is 38.4 Å². The largest absolute Gasteiger partial charge is 0.476 e. The van der Waals surface area contributed by atoms with Crippen LogP contribution >= 0.6 is 0 Å². The molecule has 0 aromatic carbocycles. The molecule has 94 valence electrons. The smallest absolute Gasteiger partial charge is 0.356 e. The van der Waals surface area contributed by atoms with Gasteiger partial charge in [-0.05, 0) is 13.8 Å². The molecule has 0 unspecified atom stereocenters. The van der Waals surface area contributed by atoms with E-state index in [1.165, 1.54) is 0 Å². The molecule has 1 aliphatic rings. The molecule has 0 atom stereocenters. The Balaban J connectivity index is 2.32. The number of nitrogens with zero attached hydrogens (tertiary/aromatic N) is 3. The molecule has 2 rings (SSSR count). The summed E-state index contributed by atoms with van der Waals surface area (Å²) in [6.45, 7) is 7.60. The van der Waals surface area contributed by atoms with E-state index in [2.05, 4.69) is 15.2 Å². The lowest BCUT2D eigenvalue weighted by molar-refractivity contribution is 0.0691. The Labute approximate surface area is 100 Å². The summed E-state index contributed by atoms with van der Waals surface area (Å²) in [5, 5.41) is 12.3. The highest BCUT2D eigenvalue weighted by Gasteiger charge is 2.21. The van der Waals surface area contributed by atoms with Gasteiger partial charge in [-0.3, -0.25) is 0 Å². The van der Waals surface area contributed by atoms with Crippen LogP contribution in [-0.2, 0) is 0 Å². The standard InChI is InChI=1S/C11H18N4O2/c1-8(2)15-7-9(10(16)17)13-11(15)14-5-3-12-4-6-14/h7-8,12H,3-6H2,1-2H3,(H,16,17). The number of anilines is 1. The maximum Gasteiger partial charge on any atom is 0.356 e. The lowest BCUT2D eigenvalue weighted by Crippen LogP contribution is -2.44. The van der Waals surface area contributed by atoms with E-state index in [9.17, 15) is 4.79 Å². The zero-order valence-electron chi connectivity index (χ0n) is 10.2. The van der Waals surface area contributed by atoms with Gasteiger partial charge in [0.15, 0.2) is 5.69 Å². The third-order valence-electron chi connectivity index (χ3n) is 2.89. The van der Waals surface area contributed by atoms with Crippen LogP contribution in [0.4, 0.5) is 5.95 Å². The van der Waals surface area contributed by atoms with Gasteiger partial charge in [-0.15, -0.1) is 0 Å². The van der Waals surface area contributed by atoms with Gasteiger partial charge in [-0.1, -0.05) is 0 Å². The first kappa shape index (κ1) is 11.9. The molecule has 0 spiro atoms. The number of aromatic carboxylic acids is 1. The van der Waals surface area contributed by atoms with Crippen molar-refractivity contribution in [3.8, 4) is 0 Å². The summed E-state index contributed by atoms with van der Waals surface area (Å²) in [7, 11) is 0. The van der Waals surface area contributed by atoms with Crippen LogP contribution in [0.3, 0.4) is 0 Å². The second kappa shape index (κ2) is 4.75. The Morgan fingerprint density at radius 3 is 2.65 bits per heavy atom. The fraction of sp³-hybridized carbons (Fsp3) is 0.636. The fourth-order valence-electron chi connectivity index (χ4n) is 1.97. The summed E-state index contributed by atoms with van der Waals surface area (Å²) in [6.07, 6.45) is 1.62. The van der Waals surface area contributed by atoms with Crippen molar-refractivity contribution in [1.29, 1.82) is 0 Å². The van der Waals surface area contributed by atoms with E-state index in [0.29, 0.717) is 0 Å². The van der Waals surface area contributed by atoms with Gasteiger partial charge in [0.05, 0.1) is 0 Å². The van der Waals surface area contributed by atoms with Crippen LogP contribution < -0.4 is 10.2 Å². The minimum Gasteiger partial charge on any atom is -0.476 e. The maximum absolute atomic E-state index is 11.0. The number of nitrogens with one attached hydrogen (secondary N) is 1. The minimum absolute atomic E-state index is 0.118. The van der Waals surface area contributed by atoms with Crippen LogP contribution in [0.5, 0.6) is 0 Å². The predicted octanol–water partition coefficient (Wildman–Crippen LogP) is 0.572. The molecule has 0 bridgehead atoms. The third-order valence-corrected chi connectivity index (χ3v) is 2.89. The van der Waals surface area contributed by atoms with Crippen molar-refractivity contribution >= 4 is 11.9 Å². The van der Waals surface area contributed by atoms with Crippen molar-refractivity contribution in [3.05, 3.63) is 11.9 Å². The van der Waals surface area contributed by atoms with E-state index < -0.39 is 5.97 Å². The van der Waals surface area contributed by atoms with Gasteiger partial charge in [0.1, 0.15) is 0 Å². The molecule has 2 N–H and O–H groups in total. The number of aromatic nitrogens is 2. The predicted molar refractivity (Wildman–Crippen MR) is 64.7 cm³/mol. The summed E-state index contributed by atoms with van der Waals surface area (Å²) < 4.78 is 1.93. The zero-order chi connectivity index (χ0) is 12.4. The molecular formula is C11H18N4O2. The molecular weight excluding hydrogens is 220 g/mol. The van der Waals surface area contributed by atoms with Crippen molar-refractivity contribution in [1.82, 2.24) is 14.9 Å². The van der Waals surface area contributed by atoms with Gasteiger partial charge >= 0.3 is 5.97 Å². The molecule has 1 aliphatic heterocycles. The van der Waals surface area contributed by atoms with Crippen LogP contribution in [-0.4, -0.2) is 46.8 Å². The molecule has 1 fully saturated rings. The summed E-state index contributed by atoms with van der Waals surface area (Å²) in [4.78, 5) is 17.3. The molecule has 0 aliphatic carbocycles.